The Kier molecular flexibility index (Phi) is 7.82. The Hall–Kier alpha value is -0.900. The van der Waals surface area contributed by atoms with Gasteiger partial charge in [-0.3, -0.25) is 0 Å². The van der Waals surface area contributed by atoms with Crippen LogP contribution in [-0.2, 0) is 15.9 Å². The highest BCUT2D eigenvalue weighted by atomic mass is 16.7. The number of hydrogen-bond acceptors (Lipinski definition) is 3. The fraction of sp³-hybridized carbons (Fsp3) is 0.647. The average molecular weight is 279 g/mol. The second-order valence-corrected chi connectivity index (χ2v) is 5.14. The lowest BCUT2D eigenvalue weighted by Gasteiger charge is -2.27. The van der Waals surface area contributed by atoms with Gasteiger partial charge in [-0.1, -0.05) is 36.2 Å². The van der Waals surface area contributed by atoms with E-state index in [1.807, 2.05) is 13.8 Å². The zero-order valence-electron chi connectivity index (χ0n) is 13.5. The van der Waals surface area contributed by atoms with Crippen LogP contribution in [0, 0.1) is 13.8 Å². The summed E-state index contributed by atoms with van der Waals surface area (Å²) in [4.78, 5) is 0. The lowest BCUT2D eigenvalue weighted by Crippen LogP contribution is -2.44. The highest BCUT2D eigenvalue weighted by Crippen LogP contribution is 2.14. The van der Waals surface area contributed by atoms with Crippen LogP contribution in [0.3, 0.4) is 0 Å². The van der Waals surface area contributed by atoms with Gasteiger partial charge in [0.2, 0.25) is 0 Å². The first-order valence-corrected chi connectivity index (χ1v) is 7.64. The second-order valence-electron chi connectivity index (χ2n) is 5.14. The molecule has 1 N–H and O–H groups in total. The van der Waals surface area contributed by atoms with Gasteiger partial charge < -0.3 is 14.8 Å². The molecule has 0 radical (unpaired) electrons. The summed E-state index contributed by atoms with van der Waals surface area (Å²) in [5.74, 6) is 0. The molecule has 114 valence electrons. The molecule has 1 aromatic carbocycles. The maximum atomic E-state index is 5.75. The van der Waals surface area contributed by atoms with Crippen LogP contribution < -0.4 is 5.32 Å². The minimum Gasteiger partial charge on any atom is -0.351 e. The smallest absolute Gasteiger partial charge is 0.172 e. The van der Waals surface area contributed by atoms with E-state index in [9.17, 15) is 0 Å². The molecule has 0 aliphatic carbocycles. The third-order valence-corrected chi connectivity index (χ3v) is 3.19. The summed E-state index contributed by atoms with van der Waals surface area (Å²) < 4.78 is 11.5. The summed E-state index contributed by atoms with van der Waals surface area (Å²) in [5.41, 5.74) is 3.94. The summed E-state index contributed by atoms with van der Waals surface area (Å²) >= 11 is 0. The van der Waals surface area contributed by atoms with Crippen molar-refractivity contribution in [1.82, 2.24) is 5.32 Å². The SMILES string of the molecule is CCNC(Cc1cc(C)cc(C)c1)C(OCC)OCC. The van der Waals surface area contributed by atoms with Gasteiger partial charge in [0.05, 0.1) is 6.04 Å². The van der Waals surface area contributed by atoms with Crippen LogP contribution in [0.2, 0.25) is 0 Å². The molecular weight excluding hydrogens is 250 g/mol. The summed E-state index contributed by atoms with van der Waals surface area (Å²) in [7, 11) is 0. The Morgan fingerprint density at radius 1 is 0.950 bits per heavy atom. The standard InChI is InChI=1S/C17H29NO2/c1-6-18-16(17(19-7-2)20-8-3)12-15-10-13(4)9-14(5)11-15/h9-11,16-18H,6-8,12H2,1-5H3. The van der Waals surface area contributed by atoms with E-state index in [0.29, 0.717) is 13.2 Å². The predicted octanol–water partition coefficient (Wildman–Crippen LogP) is 3.22. The molecule has 1 rings (SSSR count). The second kappa shape index (κ2) is 9.11. The predicted molar refractivity (Wildman–Crippen MR) is 84.1 cm³/mol. The number of likely N-dealkylation sites (N-methyl/N-ethyl adjacent to an activating group) is 1. The largest absolute Gasteiger partial charge is 0.351 e. The Morgan fingerprint density at radius 3 is 1.95 bits per heavy atom. The Morgan fingerprint density at radius 2 is 1.50 bits per heavy atom. The maximum absolute atomic E-state index is 5.75. The van der Waals surface area contributed by atoms with Gasteiger partial charge in [0.1, 0.15) is 0 Å². The summed E-state index contributed by atoms with van der Waals surface area (Å²) in [6.07, 6.45) is 0.729. The first-order valence-electron chi connectivity index (χ1n) is 7.64. The number of nitrogens with one attached hydrogen (secondary N) is 1. The molecule has 3 heteroatoms. The van der Waals surface area contributed by atoms with Crippen molar-refractivity contribution in [3.05, 3.63) is 34.9 Å². The highest BCUT2D eigenvalue weighted by molar-refractivity contribution is 5.29. The van der Waals surface area contributed by atoms with Crippen LogP contribution in [0.25, 0.3) is 0 Å². The molecule has 0 spiro atoms. The van der Waals surface area contributed by atoms with Crippen molar-refractivity contribution >= 4 is 0 Å². The van der Waals surface area contributed by atoms with Gasteiger partial charge in [0.15, 0.2) is 6.29 Å². The topological polar surface area (TPSA) is 30.5 Å². The Bertz CT molecular complexity index is 366. The van der Waals surface area contributed by atoms with E-state index in [4.69, 9.17) is 9.47 Å². The maximum Gasteiger partial charge on any atom is 0.172 e. The van der Waals surface area contributed by atoms with Crippen molar-refractivity contribution in [3.8, 4) is 0 Å². The minimum atomic E-state index is -0.189. The molecule has 0 amide bonds. The van der Waals surface area contributed by atoms with Crippen LogP contribution in [0.15, 0.2) is 18.2 Å². The molecule has 0 saturated heterocycles. The van der Waals surface area contributed by atoms with Gasteiger partial charge in [0, 0.05) is 13.2 Å². The lowest BCUT2D eigenvalue weighted by molar-refractivity contribution is -0.153. The van der Waals surface area contributed by atoms with Crippen molar-refractivity contribution in [2.24, 2.45) is 0 Å². The van der Waals surface area contributed by atoms with Gasteiger partial charge in [-0.25, -0.2) is 0 Å². The summed E-state index contributed by atoms with van der Waals surface area (Å²) in [5, 5.41) is 3.49. The van der Waals surface area contributed by atoms with E-state index in [1.54, 1.807) is 0 Å². The fourth-order valence-electron chi connectivity index (χ4n) is 2.58. The molecule has 0 aliphatic heterocycles. The lowest BCUT2D eigenvalue weighted by atomic mass is 10.0. The summed E-state index contributed by atoms with van der Waals surface area (Å²) in [6, 6.07) is 6.87. The quantitative estimate of drug-likeness (QED) is 0.704. The van der Waals surface area contributed by atoms with E-state index in [-0.39, 0.29) is 12.3 Å². The minimum absolute atomic E-state index is 0.182. The Labute approximate surface area is 123 Å². The zero-order chi connectivity index (χ0) is 15.0. The van der Waals surface area contributed by atoms with Crippen molar-refractivity contribution in [2.45, 2.75) is 53.4 Å². The van der Waals surface area contributed by atoms with Gasteiger partial charge in [-0.05, 0) is 46.2 Å². The molecule has 0 bridgehead atoms. The van der Waals surface area contributed by atoms with Crippen LogP contribution in [0.5, 0.6) is 0 Å². The third kappa shape index (κ3) is 5.61. The first-order chi connectivity index (χ1) is 9.60. The van der Waals surface area contributed by atoms with Crippen molar-refractivity contribution in [1.29, 1.82) is 0 Å². The third-order valence-electron chi connectivity index (χ3n) is 3.19. The molecule has 1 aromatic rings. The molecule has 20 heavy (non-hydrogen) atoms. The highest BCUT2D eigenvalue weighted by Gasteiger charge is 2.22. The number of hydrogen-bond donors (Lipinski definition) is 1. The zero-order valence-corrected chi connectivity index (χ0v) is 13.5. The molecule has 1 atom stereocenters. The molecular formula is C17H29NO2. The molecule has 0 aromatic heterocycles. The van der Waals surface area contributed by atoms with Crippen LogP contribution in [-0.4, -0.2) is 32.1 Å². The van der Waals surface area contributed by atoms with E-state index < -0.39 is 0 Å². The molecule has 1 unspecified atom stereocenters. The number of aryl methyl sites for hydroxylation is 2. The fourth-order valence-corrected chi connectivity index (χ4v) is 2.58. The van der Waals surface area contributed by atoms with Crippen molar-refractivity contribution < 1.29 is 9.47 Å². The van der Waals surface area contributed by atoms with Gasteiger partial charge in [0.25, 0.3) is 0 Å². The molecule has 0 fully saturated rings. The van der Waals surface area contributed by atoms with Crippen LogP contribution in [0.4, 0.5) is 0 Å². The summed E-state index contributed by atoms with van der Waals surface area (Å²) in [6.45, 7) is 12.6. The number of ether oxygens (including phenoxy) is 2. The van der Waals surface area contributed by atoms with Crippen molar-refractivity contribution in [2.75, 3.05) is 19.8 Å². The molecule has 0 heterocycles. The van der Waals surface area contributed by atoms with Gasteiger partial charge >= 0.3 is 0 Å². The molecule has 0 saturated carbocycles. The molecule has 3 nitrogen and oxygen atoms in total. The van der Waals surface area contributed by atoms with E-state index in [2.05, 4.69) is 44.3 Å². The van der Waals surface area contributed by atoms with Crippen LogP contribution in [0.1, 0.15) is 37.5 Å². The first kappa shape index (κ1) is 17.2. The van der Waals surface area contributed by atoms with Crippen LogP contribution >= 0.6 is 0 Å². The number of benzene rings is 1. The van der Waals surface area contributed by atoms with Crippen molar-refractivity contribution in [3.63, 3.8) is 0 Å². The Balaban J connectivity index is 2.83. The van der Waals surface area contributed by atoms with Gasteiger partial charge in [-0.2, -0.15) is 0 Å². The van der Waals surface area contributed by atoms with E-state index >= 15 is 0 Å². The van der Waals surface area contributed by atoms with Gasteiger partial charge in [-0.15, -0.1) is 0 Å². The average Bonchev–Trinajstić information content (AvgIpc) is 2.37. The molecule has 0 aliphatic rings. The normalized spacial score (nSPS) is 12.9. The van der Waals surface area contributed by atoms with E-state index in [1.165, 1.54) is 16.7 Å². The number of rotatable bonds is 9. The monoisotopic (exact) mass is 279 g/mol. The van der Waals surface area contributed by atoms with E-state index in [0.717, 1.165) is 13.0 Å².